The Morgan fingerprint density at radius 1 is 1.33 bits per heavy atom. The minimum absolute atomic E-state index is 0.358. The Morgan fingerprint density at radius 2 is 2.00 bits per heavy atom. The predicted octanol–water partition coefficient (Wildman–Crippen LogP) is 1.29. The summed E-state index contributed by atoms with van der Waals surface area (Å²) in [7, 11) is 0. The van der Waals surface area contributed by atoms with Gasteiger partial charge in [-0.15, -0.1) is 0 Å². The number of carboxylic acid groups (broad SMARTS) is 1. The SMILES string of the molecule is O=C(O)C[CH2][Hg][c]1ccccc1. The zero-order chi connectivity index (χ0) is 8.81. The van der Waals surface area contributed by atoms with Crippen molar-refractivity contribution in [3.05, 3.63) is 30.3 Å². The van der Waals surface area contributed by atoms with Crippen LogP contribution in [0.4, 0.5) is 0 Å². The summed E-state index contributed by atoms with van der Waals surface area (Å²) in [6.07, 6.45) is 0.358. The summed E-state index contributed by atoms with van der Waals surface area (Å²) in [5.41, 5.74) is 0. The van der Waals surface area contributed by atoms with Crippen molar-refractivity contribution in [1.29, 1.82) is 0 Å². The van der Waals surface area contributed by atoms with Crippen LogP contribution in [-0.4, -0.2) is 11.1 Å². The van der Waals surface area contributed by atoms with Crippen molar-refractivity contribution in [1.82, 2.24) is 0 Å². The number of aliphatic carboxylic acids is 1. The van der Waals surface area contributed by atoms with E-state index in [2.05, 4.69) is 12.1 Å². The first-order valence-corrected chi connectivity index (χ1v) is 10.7. The van der Waals surface area contributed by atoms with Crippen LogP contribution in [0.3, 0.4) is 0 Å². The van der Waals surface area contributed by atoms with Gasteiger partial charge in [0, 0.05) is 0 Å². The van der Waals surface area contributed by atoms with Gasteiger partial charge in [0.1, 0.15) is 0 Å². The second-order valence-electron chi connectivity index (χ2n) is 2.73. The molecule has 2 nitrogen and oxygen atoms in total. The quantitative estimate of drug-likeness (QED) is 0.831. The molecule has 0 fully saturated rings. The normalized spacial score (nSPS) is 9.00. The third kappa shape index (κ3) is 3.86. The molecule has 0 atom stereocenters. The van der Waals surface area contributed by atoms with Crippen LogP contribution in [0.1, 0.15) is 6.42 Å². The first kappa shape index (κ1) is 9.71. The number of hydrogen-bond acceptors (Lipinski definition) is 1. The zero-order valence-electron chi connectivity index (χ0n) is 6.86. The molecule has 0 heterocycles. The van der Waals surface area contributed by atoms with Crippen molar-refractivity contribution in [3.8, 4) is 0 Å². The summed E-state index contributed by atoms with van der Waals surface area (Å²) in [6, 6.07) is 10.3. The maximum atomic E-state index is 10.2. The number of rotatable bonds is 4. The van der Waals surface area contributed by atoms with E-state index in [1.165, 1.54) is 3.07 Å². The fourth-order valence-corrected chi connectivity index (χ4v) is 6.89. The van der Waals surface area contributed by atoms with E-state index in [9.17, 15) is 4.79 Å². The average Bonchev–Trinajstić information content (AvgIpc) is 2.05. The molecule has 0 bridgehead atoms. The van der Waals surface area contributed by atoms with Gasteiger partial charge in [0.25, 0.3) is 0 Å². The van der Waals surface area contributed by atoms with Crippen molar-refractivity contribution in [2.24, 2.45) is 0 Å². The summed E-state index contributed by atoms with van der Waals surface area (Å²) in [4.78, 5) is 10.2. The first-order chi connectivity index (χ1) is 5.79. The summed E-state index contributed by atoms with van der Waals surface area (Å²) in [5.74, 6) is -0.661. The molecule has 3 heteroatoms. The van der Waals surface area contributed by atoms with Gasteiger partial charge in [-0.2, -0.15) is 0 Å². The van der Waals surface area contributed by atoms with Gasteiger partial charge in [0.15, 0.2) is 0 Å². The summed E-state index contributed by atoms with van der Waals surface area (Å²) >= 11 is -1.05. The molecular formula is C9H10HgO2. The zero-order valence-corrected chi connectivity index (χ0v) is 12.4. The molecular weight excluding hydrogens is 341 g/mol. The Labute approximate surface area is 84.0 Å². The number of carboxylic acids is 1. The molecule has 0 aliphatic rings. The second-order valence-corrected chi connectivity index (χ2v) is 10.6. The van der Waals surface area contributed by atoms with E-state index in [4.69, 9.17) is 5.11 Å². The van der Waals surface area contributed by atoms with Gasteiger partial charge in [-0.1, -0.05) is 0 Å². The van der Waals surface area contributed by atoms with Gasteiger partial charge in [-0.3, -0.25) is 0 Å². The van der Waals surface area contributed by atoms with Crippen LogP contribution in [0.15, 0.2) is 30.3 Å². The standard InChI is InChI=1S/C6H5.C3H5O2.Hg/c1-2-4-6-5-3-1;1-2-3(4)5;/h1-5H;1-2H2,(H,4,5);. The summed E-state index contributed by atoms with van der Waals surface area (Å²) in [5, 5.41) is 8.43. The molecule has 0 radical (unpaired) electrons. The summed E-state index contributed by atoms with van der Waals surface area (Å²) in [6.45, 7) is 0. The van der Waals surface area contributed by atoms with Gasteiger partial charge in [-0.25, -0.2) is 0 Å². The molecule has 0 amide bonds. The van der Waals surface area contributed by atoms with Gasteiger partial charge >= 0.3 is 84.2 Å². The number of carbonyl (C=O) groups is 1. The van der Waals surface area contributed by atoms with Crippen molar-refractivity contribution in [3.63, 3.8) is 0 Å². The van der Waals surface area contributed by atoms with E-state index in [0.29, 0.717) is 6.42 Å². The monoisotopic (exact) mass is 352 g/mol. The number of hydrogen-bond donors (Lipinski definition) is 1. The van der Waals surface area contributed by atoms with E-state index in [1.54, 1.807) is 0 Å². The van der Waals surface area contributed by atoms with Crippen LogP contribution in [0.5, 0.6) is 0 Å². The second kappa shape index (κ2) is 5.30. The minimum atomic E-state index is -1.05. The van der Waals surface area contributed by atoms with Gasteiger partial charge in [0.2, 0.25) is 0 Å². The van der Waals surface area contributed by atoms with Crippen LogP contribution in [-0.2, 0) is 29.4 Å². The van der Waals surface area contributed by atoms with E-state index < -0.39 is 30.5 Å². The Balaban J connectivity index is 2.29. The van der Waals surface area contributed by atoms with Crippen LogP contribution in [0.2, 0.25) is 3.93 Å². The molecule has 0 aliphatic heterocycles. The molecule has 60 valence electrons. The van der Waals surface area contributed by atoms with Crippen LogP contribution in [0, 0.1) is 0 Å². The molecule has 1 aromatic rings. The average molecular weight is 351 g/mol. The van der Waals surface area contributed by atoms with E-state index in [0.717, 1.165) is 3.93 Å². The molecule has 12 heavy (non-hydrogen) atoms. The Morgan fingerprint density at radius 3 is 2.58 bits per heavy atom. The molecule has 0 saturated carbocycles. The molecule has 1 rings (SSSR count). The van der Waals surface area contributed by atoms with Crippen LogP contribution >= 0.6 is 0 Å². The molecule has 0 aliphatic carbocycles. The first-order valence-electron chi connectivity index (χ1n) is 4.05. The third-order valence-corrected chi connectivity index (χ3v) is 8.52. The van der Waals surface area contributed by atoms with Crippen LogP contribution in [0.25, 0.3) is 0 Å². The maximum absolute atomic E-state index is 10.2. The van der Waals surface area contributed by atoms with Crippen LogP contribution < -0.4 is 3.07 Å². The van der Waals surface area contributed by atoms with Gasteiger partial charge in [-0.05, 0) is 0 Å². The number of benzene rings is 1. The molecule has 0 spiro atoms. The van der Waals surface area contributed by atoms with Crippen molar-refractivity contribution >= 4 is 9.04 Å². The summed E-state index contributed by atoms with van der Waals surface area (Å²) < 4.78 is 2.37. The predicted molar refractivity (Wildman–Crippen MR) is 43.1 cm³/mol. The van der Waals surface area contributed by atoms with E-state index in [1.807, 2.05) is 18.2 Å². The van der Waals surface area contributed by atoms with Gasteiger partial charge in [0.05, 0.1) is 0 Å². The molecule has 0 saturated heterocycles. The molecule has 1 N–H and O–H groups in total. The molecule has 0 unspecified atom stereocenters. The van der Waals surface area contributed by atoms with E-state index in [-0.39, 0.29) is 0 Å². The Kier molecular flexibility index (Phi) is 4.29. The Hall–Kier alpha value is -0.375. The van der Waals surface area contributed by atoms with E-state index >= 15 is 0 Å². The van der Waals surface area contributed by atoms with Gasteiger partial charge < -0.3 is 0 Å². The van der Waals surface area contributed by atoms with Crippen molar-refractivity contribution in [2.75, 3.05) is 0 Å². The fourth-order valence-electron chi connectivity index (χ4n) is 1.09. The fraction of sp³-hybridized carbons (Fsp3) is 0.222. The van der Waals surface area contributed by atoms with Crippen molar-refractivity contribution in [2.45, 2.75) is 10.4 Å². The molecule has 0 aromatic heterocycles. The van der Waals surface area contributed by atoms with Crippen molar-refractivity contribution < 1.29 is 34.5 Å². The topological polar surface area (TPSA) is 37.3 Å². The molecule has 1 aromatic carbocycles. The Bertz CT molecular complexity index is 246. The third-order valence-electron chi connectivity index (χ3n) is 1.70.